The lowest BCUT2D eigenvalue weighted by molar-refractivity contribution is 0.760. The number of H-pyrrole nitrogens is 1. The van der Waals surface area contributed by atoms with Gasteiger partial charge in [-0.1, -0.05) is 13.3 Å². The van der Waals surface area contributed by atoms with Gasteiger partial charge in [0.15, 0.2) is 0 Å². The molecule has 0 atom stereocenters. The average Bonchev–Trinajstić information content (AvgIpc) is 2.48. The van der Waals surface area contributed by atoms with Crippen LogP contribution in [-0.2, 0) is 12.8 Å². The van der Waals surface area contributed by atoms with E-state index in [1.165, 1.54) is 12.8 Å². The predicted molar refractivity (Wildman–Crippen MR) is 46.3 cm³/mol. The first-order valence-electron chi connectivity index (χ1n) is 4.19. The first-order valence-corrected chi connectivity index (χ1v) is 4.19. The lowest BCUT2D eigenvalue weighted by atomic mass is 10.2. The molecular formula is C9H15N2. The molecule has 61 valence electrons. The molecule has 1 aromatic heterocycles. The molecule has 1 N–H and O–H groups in total. The molecule has 1 radical (unpaired) electrons. The van der Waals surface area contributed by atoms with Crippen LogP contribution in [0.2, 0.25) is 0 Å². The van der Waals surface area contributed by atoms with E-state index in [9.17, 15) is 0 Å². The van der Waals surface area contributed by atoms with Crippen molar-refractivity contribution in [1.82, 2.24) is 9.97 Å². The summed E-state index contributed by atoms with van der Waals surface area (Å²) in [4.78, 5) is 7.49. The third kappa shape index (κ3) is 2.37. The summed E-state index contributed by atoms with van der Waals surface area (Å²) < 4.78 is 0. The highest BCUT2D eigenvalue weighted by Crippen LogP contribution is 2.01. The lowest BCUT2D eigenvalue weighted by Crippen LogP contribution is -1.87. The number of aromatic amines is 1. The SMILES string of the molecule is [CH2]Cc1c[nH]c(CCCC)n1. The molecule has 0 bridgehead atoms. The maximum absolute atomic E-state index is 4.35. The van der Waals surface area contributed by atoms with Crippen molar-refractivity contribution in [1.29, 1.82) is 0 Å². The Kier molecular flexibility index (Phi) is 3.14. The topological polar surface area (TPSA) is 28.7 Å². The van der Waals surface area contributed by atoms with Crippen LogP contribution in [0.25, 0.3) is 0 Å². The second-order valence-corrected chi connectivity index (χ2v) is 2.69. The summed E-state index contributed by atoms with van der Waals surface area (Å²) in [6.07, 6.45) is 6.22. The molecule has 0 aliphatic heterocycles. The van der Waals surface area contributed by atoms with Gasteiger partial charge in [0, 0.05) is 12.6 Å². The van der Waals surface area contributed by atoms with Crippen LogP contribution in [0.1, 0.15) is 31.3 Å². The maximum Gasteiger partial charge on any atom is 0.106 e. The van der Waals surface area contributed by atoms with E-state index in [4.69, 9.17) is 0 Å². The van der Waals surface area contributed by atoms with Gasteiger partial charge in [0.05, 0.1) is 5.69 Å². The second kappa shape index (κ2) is 4.16. The molecule has 0 aliphatic rings. The monoisotopic (exact) mass is 151 g/mol. The third-order valence-electron chi connectivity index (χ3n) is 1.71. The first kappa shape index (κ1) is 8.31. The van der Waals surface area contributed by atoms with Gasteiger partial charge in [-0.2, -0.15) is 0 Å². The van der Waals surface area contributed by atoms with Crippen molar-refractivity contribution in [2.75, 3.05) is 0 Å². The van der Waals surface area contributed by atoms with Crippen LogP contribution in [0.3, 0.4) is 0 Å². The van der Waals surface area contributed by atoms with Crippen LogP contribution in [0.5, 0.6) is 0 Å². The van der Waals surface area contributed by atoms with Gasteiger partial charge in [-0.3, -0.25) is 0 Å². The maximum atomic E-state index is 4.35. The van der Waals surface area contributed by atoms with Crippen molar-refractivity contribution < 1.29 is 0 Å². The molecule has 0 aromatic carbocycles. The number of hydrogen-bond donors (Lipinski definition) is 1. The molecule has 2 nitrogen and oxygen atoms in total. The summed E-state index contributed by atoms with van der Waals surface area (Å²) in [6, 6.07) is 0. The highest BCUT2D eigenvalue weighted by Gasteiger charge is 1.97. The minimum atomic E-state index is 0.780. The first-order chi connectivity index (χ1) is 5.36. The summed E-state index contributed by atoms with van der Waals surface area (Å²) in [5.74, 6) is 1.10. The Morgan fingerprint density at radius 1 is 1.64 bits per heavy atom. The predicted octanol–water partition coefficient (Wildman–Crippen LogP) is 2.13. The molecule has 11 heavy (non-hydrogen) atoms. The van der Waals surface area contributed by atoms with Gasteiger partial charge < -0.3 is 4.98 Å². The molecule has 0 saturated heterocycles. The number of imidazole rings is 1. The Morgan fingerprint density at radius 3 is 3.00 bits per heavy atom. The van der Waals surface area contributed by atoms with E-state index in [1.54, 1.807) is 0 Å². The Bertz CT molecular complexity index is 203. The van der Waals surface area contributed by atoms with E-state index < -0.39 is 0 Å². The van der Waals surface area contributed by atoms with Gasteiger partial charge in [-0.15, -0.1) is 0 Å². The van der Waals surface area contributed by atoms with Crippen LogP contribution in [-0.4, -0.2) is 9.97 Å². The van der Waals surface area contributed by atoms with Crippen LogP contribution in [0.15, 0.2) is 6.20 Å². The van der Waals surface area contributed by atoms with Gasteiger partial charge in [-0.05, 0) is 19.8 Å². The fourth-order valence-electron chi connectivity index (χ4n) is 1.00. The van der Waals surface area contributed by atoms with Gasteiger partial charge >= 0.3 is 0 Å². The standard InChI is InChI=1S/C9H15N2/c1-3-5-6-9-10-7-8(4-2)11-9/h7H,2-6H2,1H3,(H,10,11). The van der Waals surface area contributed by atoms with E-state index in [1.807, 2.05) is 6.20 Å². The van der Waals surface area contributed by atoms with E-state index >= 15 is 0 Å². The Morgan fingerprint density at radius 2 is 2.45 bits per heavy atom. The molecular weight excluding hydrogens is 136 g/mol. The number of rotatable bonds is 4. The normalized spacial score (nSPS) is 10.4. The zero-order valence-electron chi connectivity index (χ0n) is 7.06. The molecule has 0 saturated carbocycles. The Hall–Kier alpha value is -0.790. The number of hydrogen-bond acceptors (Lipinski definition) is 1. The molecule has 0 fully saturated rings. The van der Waals surface area contributed by atoms with E-state index in [2.05, 4.69) is 23.8 Å². The minimum Gasteiger partial charge on any atom is -0.348 e. The van der Waals surface area contributed by atoms with Gasteiger partial charge in [-0.25, -0.2) is 4.98 Å². The molecule has 1 aromatic rings. The average molecular weight is 151 g/mol. The number of unbranched alkanes of at least 4 members (excludes halogenated alkanes) is 1. The van der Waals surface area contributed by atoms with Crippen LogP contribution in [0, 0.1) is 6.92 Å². The summed E-state index contributed by atoms with van der Waals surface area (Å²) in [5.41, 5.74) is 1.07. The lowest BCUT2D eigenvalue weighted by Gasteiger charge is -1.91. The summed E-state index contributed by atoms with van der Waals surface area (Å²) >= 11 is 0. The van der Waals surface area contributed by atoms with E-state index in [-0.39, 0.29) is 0 Å². The van der Waals surface area contributed by atoms with Gasteiger partial charge in [0.25, 0.3) is 0 Å². The molecule has 0 spiro atoms. The summed E-state index contributed by atoms with van der Waals surface area (Å²) in [5, 5.41) is 0. The molecule has 0 amide bonds. The Labute approximate surface area is 68.0 Å². The fourth-order valence-corrected chi connectivity index (χ4v) is 1.00. The molecule has 1 rings (SSSR count). The Balaban J connectivity index is 2.44. The number of nitrogens with zero attached hydrogens (tertiary/aromatic N) is 1. The number of aromatic nitrogens is 2. The largest absolute Gasteiger partial charge is 0.348 e. The highest BCUT2D eigenvalue weighted by molar-refractivity contribution is 5.01. The number of nitrogens with one attached hydrogen (secondary N) is 1. The third-order valence-corrected chi connectivity index (χ3v) is 1.71. The van der Waals surface area contributed by atoms with Gasteiger partial charge in [0.2, 0.25) is 0 Å². The van der Waals surface area contributed by atoms with E-state index in [0.717, 1.165) is 24.4 Å². The zero-order valence-corrected chi connectivity index (χ0v) is 7.06. The second-order valence-electron chi connectivity index (χ2n) is 2.69. The van der Waals surface area contributed by atoms with Gasteiger partial charge in [0.1, 0.15) is 5.82 Å². The van der Waals surface area contributed by atoms with Crippen molar-refractivity contribution in [3.63, 3.8) is 0 Å². The molecule has 1 heterocycles. The van der Waals surface area contributed by atoms with Crippen molar-refractivity contribution >= 4 is 0 Å². The van der Waals surface area contributed by atoms with Crippen molar-refractivity contribution in [3.8, 4) is 0 Å². The minimum absolute atomic E-state index is 0.780. The summed E-state index contributed by atoms with van der Waals surface area (Å²) in [6.45, 7) is 5.95. The van der Waals surface area contributed by atoms with Crippen molar-refractivity contribution in [2.45, 2.75) is 32.6 Å². The zero-order chi connectivity index (χ0) is 8.10. The molecule has 0 aliphatic carbocycles. The molecule has 0 unspecified atom stereocenters. The molecule has 2 heteroatoms. The quantitative estimate of drug-likeness (QED) is 0.701. The van der Waals surface area contributed by atoms with Crippen LogP contribution < -0.4 is 0 Å². The van der Waals surface area contributed by atoms with Crippen molar-refractivity contribution in [3.05, 3.63) is 24.6 Å². The number of aryl methyl sites for hydroxylation is 1. The van der Waals surface area contributed by atoms with Crippen LogP contribution in [0.4, 0.5) is 0 Å². The summed E-state index contributed by atoms with van der Waals surface area (Å²) in [7, 11) is 0. The highest BCUT2D eigenvalue weighted by atomic mass is 14.9. The fraction of sp³-hybridized carbons (Fsp3) is 0.556. The van der Waals surface area contributed by atoms with Crippen molar-refractivity contribution in [2.24, 2.45) is 0 Å². The van der Waals surface area contributed by atoms with E-state index in [0.29, 0.717) is 0 Å². The smallest absolute Gasteiger partial charge is 0.106 e. The van der Waals surface area contributed by atoms with Crippen LogP contribution >= 0.6 is 0 Å².